The third kappa shape index (κ3) is 18.6. The first-order valence-electron chi connectivity index (χ1n) is 10.2. The van der Waals surface area contributed by atoms with Gasteiger partial charge in [-0.15, -0.1) is 4.21 Å². The summed E-state index contributed by atoms with van der Waals surface area (Å²) < 4.78 is 43.6. The Morgan fingerprint density at radius 1 is 0.893 bits per heavy atom. The van der Waals surface area contributed by atoms with E-state index in [9.17, 15) is 17.2 Å². The van der Waals surface area contributed by atoms with Gasteiger partial charge in [-0.25, -0.2) is 8.42 Å². The summed E-state index contributed by atoms with van der Waals surface area (Å²) in [5.74, 6) is 1.63. The molecule has 0 fully saturated rings. The first kappa shape index (κ1) is 27.2. The molecule has 0 aliphatic heterocycles. The SMILES string of the molecule is CCCCCCCCCCCC[S+](C)(=O)Cc1ccccc1.COS(=O)(=O)[O-]. The zero-order valence-corrected chi connectivity index (χ0v) is 19.4. The fourth-order valence-electron chi connectivity index (χ4n) is 2.89. The maximum Gasteiger partial charge on any atom is 0.217 e. The van der Waals surface area contributed by atoms with Gasteiger partial charge in [0.25, 0.3) is 0 Å². The van der Waals surface area contributed by atoms with E-state index in [0.717, 1.165) is 25.0 Å². The van der Waals surface area contributed by atoms with Crippen molar-refractivity contribution in [1.29, 1.82) is 0 Å². The van der Waals surface area contributed by atoms with Crippen LogP contribution in [0.3, 0.4) is 0 Å². The molecule has 5 nitrogen and oxygen atoms in total. The van der Waals surface area contributed by atoms with Gasteiger partial charge in [-0.3, -0.25) is 4.18 Å². The molecule has 1 unspecified atom stereocenters. The average molecular weight is 435 g/mol. The Morgan fingerprint density at radius 3 is 1.75 bits per heavy atom. The van der Waals surface area contributed by atoms with Crippen molar-refractivity contribution >= 4 is 20.3 Å². The van der Waals surface area contributed by atoms with Gasteiger partial charge in [-0.1, -0.05) is 88.6 Å². The predicted octanol–water partition coefficient (Wildman–Crippen LogP) is 5.33. The van der Waals surface area contributed by atoms with E-state index < -0.39 is 20.3 Å². The van der Waals surface area contributed by atoms with Crippen LogP contribution in [0.4, 0.5) is 0 Å². The smallest absolute Gasteiger partial charge is 0.217 e. The number of hydrogen-bond acceptors (Lipinski definition) is 5. The van der Waals surface area contributed by atoms with E-state index in [2.05, 4.69) is 23.2 Å². The molecule has 0 radical (unpaired) electrons. The zero-order chi connectivity index (χ0) is 21.3. The highest BCUT2D eigenvalue weighted by atomic mass is 32.3. The molecule has 0 saturated heterocycles. The molecule has 0 spiro atoms. The molecule has 1 rings (SSSR count). The van der Waals surface area contributed by atoms with Crippen molar-refractivity contribution in [3.05, 3.63) is 35.9 Å². The summed E-state index contributed by atoms with van der Waals surface area (Å²) in [6.45, 7) is 2.27. The Morgan fingerprint density at radius 2 is 1.32 bits per heavy atom. The lowest BCUT2D eigenvalue weighted by molar-refractivity contribution is 0.314. The van der Waals surface area contributed by atoms with Crippen molar-refractivity contribution in [2.24, 2.45) is 0 Å². The lowest BCUT2D eigenvalue weighted by Crippen LogP contribution is -2.16. The summed E-state index contributed by atoms with van der Waals surface area (Å²) in [6.07, 6.45) is 15.3. The Labute approximate surface area is 173 Å². The van der Waals surface area contributed by atoms with Crippen LogP contribution >= 0.6 is 0 Å². The van der Waals surface area contributed by atoms with Crippen LogP contribution in [-0.2, 0) is 34.5 Å². The van der Waals surface area contributed by atoms with Crippen LogP contribution in [-0.4, -0.2) is 32.1 Å². The molecule has 0 aliphatic rings. The highest BCUT2D eigenvalue weighted by Crippen LogP contribution is 2.15. The standard InChI is InChI=1S/C20H35OS.CH4O4S/c1-3-4-5-6-7-8-9-10-11-15-18-22(2,21)19-20-16-13-12-14-17-20;1-5-6(2,3)4/h12-14,16-17H,3-11,15,18-19H2,1-2H3;1H3,(H,2,3,4)/q+1;/p-1. The predicted molar refractivity (Wildman–Crippen MR) is 118 cm³/mol. The molecule has 7 heteroatoms. The van der Waals surface area contributed by atoms with Gasteiger partial charge in [-0.2, -0.15) is 0 Å². The monoisotopic (exact) mass is 434 g/mol. The average Bonchev–Trinajstić information content (AvgIpc) is 2.63. The van der Waals surface area contributed by atoms with Crippen molar-refractivity contribution < 1.29 is 21.4 Å². The molecule has 0 aliphatic carbocycles. The summed E-state index contributed by atoms with van der Waals surface area (Å²) in [6, 6.07) is 10.3. The summed E-state index contributed by atoms with van der Waals surface area (Å²) in [4.78, 5) is 0. The van der Waals surface area contributed by atoms with Gasteiger partial charge in [-0.05, 0) is 12.8 Å². The van der Waals surface area contributed by atoms with Gasteiger partial charge < -0.3 is 4.55 Å². The third-order valence-corrected chi connectivity index (χ3v) is 6.95. The molecule has 1 aromatic carbocycles. The topological polar surface area (TPSA) is 83.5 Å². The molecule has 0 aromatic heterocycles. The maximum absolute atomic E-state index is 12.6. The lowest BCUT2D eigenvalue weighted by Gasteiger charge is -2.08. The van der Waals surface area contributed by atoms with E-state index in [4.69, 9.17) is 0 Å². The van der Waals surface area contributed by atoms with Crippen molar-refractivity contribution in [3.63, 3.8) is 0 Å². The zero-order valence-electron chi connectivity index (χ0n) is 17.7. The Hall–Kier alpha value is -0.760. The van der Waals surface area contributed by atoms with Gasteiger partial charge in [0.15, 0.2) is 0 Å². The highest BCUT2D eigenvalue weighted by Gasteiger charge is 2.20. The van der Waals surface area contributed by atoms with Crippen molar-refractivity contribution in [2.45, 2.75) is 76.9 Å². The molecular formula is C21H38O5S2. The normalized spacial score (nSPS) is 13.4. The molecule has 1 atom stereocenters. The Balaban J connectivity index is 0.00000105. The Kier molecular flexibility index (Phi) is 15.6. The van der Waals surface area contributed by atoms with Gasteiger partial charge in [0.2, 0.25) is 10.4 Å². The van der Waals surface area contributed by atoms with E-state index in [0.29, 0.717) is 0 Å². The summed E-state index contributed by atoms with van der Waals surface area (Å²) in [7, 11) is -5.30. The van der Waals surface area contributed by atoms with Crippen molar-refractivity contribution in [1.82, 2.24) is 0 Å². The molecule has 28 heavy (non-hydrogen) atoms. The fraction of sp³-hybridized carbons (Fsp3) is 0.714. The second kappa shape index (κ2) is 16.1. The molecule has 164 valence electrons. The molecular weight excluding hydrogens is 396 g/mol. The molecule has 1 aromatic rings. The van der Waals surface area contributed by atoms with Gasteiger partial charge in [0, 0.05) is 5.56 Å². The second-order valence-corrected chi connectivity index (χ2v) is 11.5. The second-order valence-electron chi connectivity index (χ2n) is 7.27. The highest BCUT2D eigenvalue weighted by molar-refractivity contribution is 8.01. The van der Waals surface area contributed by atoms with E-state index in [-0.39, 0.29) is 0 Å². The summed E-state index contributed by atoms with van der Waals surface area (Å²) in [5, 5.41) is 0. The quantitative estimate of drug-likeness (QED) is 0.171. The largest absolute Gasteiger partial charge is 0.726 e. The number of hydrogen-bond donors (Lipinski definition) is 0. The van der Waals surface area contributed by atoms with Crippen LogP contribution in [0.1, 0.15) is 76.7 Å². The van der Waals surface area contributed by atoms with Crippen molar-refractivity contribution in [3.8, 4) is 0 Å². The minimum absolute atomic E-state index is 0.741. The van der Waals surface area contributed by atoms with Crippen LogP contribution in [0.25, 0.3) is 0 Å². The molecule has 0 saturated carbocycles. The van der Waals surface area contributed by atoms with E-state index >= 15 is 0 Å². The van der Waals surface area contributed by atoms with Crippen LogP contribution in [0.2, 0.25) is 0 Å². The van der Waals surface area contributed by atoms with E-state index in [1.165, 1.54) is 63.4 Å². The first-order valence-corrected chi connectivity index (χ1v) is 13.8. The van der Waals surface area contributed by atoms with Gasteiger partial charge in [0.05, 0.1) is 17.0 Å². The molecule has 0 heterocycles. The molecule has 0 bridgehead atoms. The van der Waals surface area contributed by atoms with Crippen LogP contribution < -0.4 is 0 Å². The molecule has 0 amide bonds. The van der Waals surface area contributed by atoms with Crippen LogP contribution in [0, 0.1) is 0 Å². The van der Waals surface area contributed by atoms with Gasteiger partial charge >= 0.3 is 0 Å². The molecule has 0 N–H and O–H groups in total. The lowest BCUT2D eigenvalue weighted by atomic mass is 10.1. The summed E-state index contributed by atoms with van der Waals surface area (Å²) >= 11 is 0. The maximum atomic E-state index is 12.6. The minimum Gasteiger partial charge on any atom is -0.726 e. The van der Waals surface area contributed by atoms with Crippen molar-refractivity contribution in [2.75, 3.05) is 19.1 Å². The van der Waals surface area contributed by atoms with Crippen LogP contribution in [0.15, 0.2) is 30.3 Å². The number of benzene rings is 1. The fourth-order valence-corrected chi connectivity index (χ4v) is 4.75. The van der Waals surface area contributed by atoms with Gasteiger partial charge in [0.1, 0.15) is 17.8 Å². The number of rotatable bonds is 14. The minimum atomic E-state index is -4.41. The third-order valence-electron chi connectivity index (χ3n) is 4.45. The first-order chi connectivity index (χ1) is 13.2. The Bertz CT molecular complexity index is 629. The van der Waals surface area contributed by atoms with E-state index in [1.807, 2.05) is 24.5 Å². The van der Waals surface area contributed by atoms with E-state index in [1.54, 1.807) is 0 Å². The number of unbranched alkanes of at least 4 members (excludes halogenated alkanes) is 9. The summed E-state index contributed by atoms with van der Waals surface area (Å²) in [5.41, 5.74) is 1.21. The van der Waals surface area contributed by atoms with Crippen LogP contribution in [0.5, 0.6) is 0 Å².